The summed E-state index contributed by atoms with van der Waals surface area (Å²) in [5, 5.41) is 2.75. The lowest BCUT2D eigenvalue weighted by Crippen LogP contribution is -2.25. The molecule has 4 nitrogen and oxygen atoms in total. The molecule has 1 unspecified atom stereocenters. The average molecular weight is 323 g/mol. The lowest BCUT2D eigenvalue weighted by atomic mass is 10.2. The highest BCUT2D eigenvalue weighted by atomic mass is 35.5. The fourth-order valence-corrected chi connectivity index (χ4v) is 1.55. The third-order valence-electron chi connectivity index (χ3n) is 2.59. The zero-order valence-electron chi connectivity index (χ0n) is 11.9. The highest BCUT2D eigenvalue weighted by molar-refractivity contribution is 5.85. The first kappa shape index (κ1) is 19.6. The Balaban J connectivity index is 0.00000400. The highest BCUT2D eigenvalue weighted by Gasteiger charge is 2.06. The van der Waals surface area contributed by atoms with Crippen LogP contribution in [0.15, 0.2) is 24.3 Å². The van der Waals surface area contributed by atoms with E-state index in [9.17, 15) is 13.6 Å². The molecule has 0 saturated carbocycles. The second-order valence-electron chi connectivity index (χ2n) is 4.64. The number of carbonyl (C=O) groups excluding carboxylic acids is 1. The van der Waals surface area contributed by atoms with Crippen LogP contribution in [0.25, 0.3) is 0 Å². The number of alkyl halides is 2. The van der Waals surface area contributed by atoms with E-state index in [4.69, 9.17) is 10.5 Å². The number of ether oxygens (including phenoxy) is 1. The van der Waals surface area contributed by atoms with Crippen LogP contribution in [-0.4, -0.2) is 25.0 Å². The maximum absolute atomic E-state index is 12.0. The maximum Gasteiger partial charge on any atom is 0.272 e. The normalized spacial score (nSPS) is 11.7. The Kier molecular flexibility index (Phi) is 9.65. The minimum absolute atomic E-state index is 0. The van der Waals surface area contributed by atoms with Crippen LogP contribution in [0.5, 0.6) is 5.75 Å². The van der Waals surface area contributed by atoms with Crippen molar-refractivity contribution in [2.45, 2.75) is 38.8 Å². The summed E-state index contributed by atoms with van der Waals surface area (Å²) < 4.78 is 29.0. The topological polar surface area (TPSA) is 64.4 Å². The van der Waals surface area contributed by atoms with E-state index in [2.05, 4.69) is 5.32 Å². The summed E-state index contributed by atoms with van der Waals surface area (Å²) in [7, 11) is 0. The van der Waals surface area contributed by atoms with Gasteiger partial charge in [-0.2, -0.15) is 0 Å². The van der Waals surface area contributed by atoms with Crippen molar-refractivity contribution in [3.63, 3.8) is 0 Å². The molecule has 0 spiro atoms. The molecule has 1 aromatic carbocycles. The summed E-state index contributed by atoms with van der Waals surface area (Å²) in [6.45, 7) is 1.55. The summed E-state index contributed by atoms with van der Waals surface area (Å²) in [6, 6.07) is 6.72. The van der Waals surface area contributed by atoms with Crippen LogP contribution in [0.3, 0.4) is 0 Å². The highest BCUT2D eigenvalue weighted by Crippen LogP contribution is 2.14. The van der Waals surface area contributed by atoms with Gasteiger partial charge in [-0.1, -0.05) is 12.1 Å². The lowest BCUT2D eigenvalue weighted by molar-refractivity contribution is -0.121. The first-order chi connectivity index (χ1) is 9.47. The predicted molar refractivity (Wildman–Crippen MR) is 79.9 cm³/mol. The second-order valence-corrected chi connectivity index (χ2v) is 4.64. The van der Waals surface area contributed by atoms with Crippen LogP contribution in [-0.2, 0) is 11.3 Å². The van der Waals surface area contributed by atoms with Crippen LogP contribution < -0.4 is 15.8 Å². The molecule has 0 heterocycles. The minimum Gasteiger partial charge on any atom is -0.488 e. The number of halogens is 3. The van der Waals surface area contributed by atoms with E-state index >= 15 is 0 Å². The Morgan fingerprint density at radius 2 is 2.14 bits per heavy atom. The first-order valence-electron chi connectivity index (χ1n) is 6.49. The number of hydrogen-bond acceptors (Lipinski definition) is 3. The number of hydrogen-bond donors (Lipinski definition) is 2. The SMILES string of the molecule is CC(N)CCC(=O)NCc1cccc(OCC(F)F)c1.Cl. The van der Waals surface area contributed by atoms with Crippen LogP contribution in [0.4, 0.5) is 8.78 Å². The van der Waals surface area contributed by atoms with Gasteiger partial charge in [0.05, 0.1) is 0 Å². The molecule has 7 heteroatoms. The van der Waals surface area contributed by atoms with Gasteiger partial charge in [0.1, 0.15) is 12.4 Å². The quantitative estimate of drug-likeness (QED) is 0.773. The zero-order valence-corrected chi connectivity index (χ0v) is 12.7. The molecule has 0 saturated heterocycles. The minimum atomic E-state index is -2.50. The molecule has 0 aromatic heterocycles. The molecule has 0 fully saturated rings. The molecule has 0 aliphatic heterocycles. The Bertz CT molecular complexity index is 431. The number of carbonyl (C=O) groups is 1. The van der Waals surface area contributed by atoms with Crippen molar-refractivity contribution >= 4 is 18.3 Å². The van der Waals surface area contributed by atoms with Crippen molar-refractivity contribution in [3.8, 4) is 5.75 Å². The number of amides is 1. The molecule has 0 radical (unpaired) electrons. The fraction of sp³-hybridized carbons (Fsp3) is 0.500. The summed E-state index contributed by atoms with van der Waals surface area (Å²) in [5.74, 6) is 0.286. The Hall–Kier alpha value is -1.40. The van der Waals surface area contributed by atoms with Gasteiger partial charge >= 0.3 is 0 Å². The van der Waals surface area contributed by atoms with Crippen molar-refractivity contribution in [2.75, 3.05) is 6.61 Å². The summed E-state index contributed by atoms with van der Waals surface area (Å²) in [6.07, 6.45) is -1.50. The van der Waals surface area contributed by atoms with E-state index in [-0.39, 0.29) is 24.4 Å². The van der Waals surface area contributed by atoms with Crippen molar-refractivity contribution in [3.05, 3.63) is 29.8 Å². The summed E-state index contributed by atoms with van der Waals surface area (Å²) in [5.41, 5.74) is 6.36. The zero-order chi connectivity index (χ0) is 15.0. The van der Waals surface area contributed by atoms with Crippen LogP contribution in [0.1, 0.15) is 25.3 Å². The number of nitrogens with one attached hydrogen (secondary N) is 1. The molecule has 0 aliphatic carbocycles. The monoisotopic (exact) mass is 322 g/mol. The lowest BCUT2D eigenvalue weighted by Gasteiger charge is -2.09. The van der Waals surface area contributed by atoms with Gasteiger partial charge in [-0.25, -0.2) is 8.78 Å². The van der Waals surface area contributed by atoms with E-state index < -0.39 is 13.0 Å². The summed E-state index contributed by atoms with van der Waals surface area (Å²) >= 11 is 0. The molecule has 1 rings (SSSR count). The van der Waals surface area contributed by atoms with Gasteiger partial charge in [-0.05, 0) is 31.0 Å². The molecular weight excluding hydrogens is 302 g/mol. The first-order valence-corrected chi connectivity index (χ1v) is 6.49. The smallest absolute Gasteiger partial charge is 0.272 e. The van der Waals surface area contributed by atoms with Gasteiger partial charge in [0.15, 0.2) is 0 Å². The van der Waals surface area contributed by atoms with E-state index in [1.165, 1.54) is 0 Å². The molecule has 1 amide bonds. The molecular formula is C14H21ClF2N2O2. The van der Waals surface area contributed by atoms with Gasteiger partial charge in [0.2, 0.25) is 5.91 Å². The van der Waals surface area contributed by atoms with E-state index in [1.54, 1.807) is 24.3 Å². The van der Waals surface area contributed by atoms with E-state index in [0.29, 0.717) is 25.1 Å². The molecule has 120 valence electrons. The van der Waals surface area contributed by atoms with Crippen molar-refractivity contribution in [2.24, 2.45) is 5.73 Å². The Morgan fingerprint density at radius 3 is 2.76 bits per heavy atom. The second kappa shape index (κ2) is 10.3. The number of rotatable bonds is 8. The van der Waals surface area contributed by atoms with Crippen LogP contribution in [0, 0.1) is 0 Å². The van der Waals surface area contributed by atoms with Crippen molar-refractivity contribution in [1.29, 1.82) is 0 Å². The van der Waals surface area contributed by atoms with Gasteiger partial charge in [0.25, 0.3) is 6.43 Å². The standard InChI is InChI=1S/C14H20F2N2O2.ClH/c1-10(17)5-6-14(19)18-8-11-3-2-4-12(7-11)20-9-13(15)16;/h2-4,7,10,13H,5-6,8-9,17H2,1H3,(H,18,19);1H. The third-order valence-corrected chi connectivity index (χ3v) is 2.59. The number of benzene rings is 1. The van der Waals surface area contributed by atoms with E-state index in [1.807, 2.05) is 6.92 Å². The molecule has 3 N–H and O–H groups in total. The van der Waals surface area contributed by atoms with E-state index in [0.717, 1.165) is 5.56 Å². The largest absolute Gasteiger partial charge is 0.488 e. The average Bonchev–Trinajstić information content (AvgIpc) is 2.41. The maximum atomic E-state index is 12.0. The van der Waals surface area contributed by atoms with Crippen molar-refractivity contribution < 1.29 is 18.3 Å². The summed E-state index contributed by atoms with van der Waals surface area (Å²) in [4.78, 5) is 11.5. The van der Waals surface area contributed by atoms with Crippen molar-refractivity contribution in [1.82, 2.24) is 5.32 Å². The fourth-order valence-electron chi connectivity index (χ4n) is 1.55. The van der Waals surface area contributed by atoms with Gasteiger partial charge in [0, 0.05) is 19.0 Å². The van der Waals surface area contributed by atoms with Gasteiger partial charge in [-0.3, -0.25) is 4.79 Å². The molecule has 0 bridgehead atoms. The van der Waals surface area contributed by atoms with Gasteiger partial charge in [-0.15, -0.1) is 12.4 Å². The van der Waals surface area contributed by atoms with Crippen LogP contribution >= 0.6 is 12.4 Å². The van der Waals surface area contributed by atoms with Crippen LogP contribution in [0.2, 0.25) is 0 Å². The molecule has 21 heavy (non-hydrogen) atoms. The van der Waals surface area contributed by atoms with Gasteiger partial charge < -0.3 is 15.8 Å². The Labute approximate surface area is 129 Å². The molecule has 1 atom stereocenters. The molecule has 0 aliphatic rings. The Morgan fingerprint density at radius 1 is 1.43 bits per heavy atom. The third kappa shape index (κ3) is 9.20. The number of nitrogens with two attached hydrogens (primary N) is 1. The predicted octanol–water partition coefficient (Wildman–Crippen LogP) is 2.50. The molecule has 1 aromatic rings.